The van der Waals surface area contributed by atoms with Crippen LogP contribution in [-0.2, 0) is 6.42 Å². The molecule has 4 nitrogen and oxygen atoms in total. The summed E-state index contributed by atoms with van der Waals surface area (Å²) in [6.45, 7) is 2.02. The van der Waals surface area contributed by atoms with E-state index in [1.54, 1.807) is 12.3 Å². The normalized spacial score (nSPS) is 11.2. The van der Waals surface area contributed by atoms with E-state index in [0.29, 0.717) is 11.0 Å². The average molecular weight is 240 g/mol. The van der Waals surface area contributed by atoms with Crippen LogP contribution < -0.4 is 11.4 Å². The fourth-order valence-corrected chi connectivity index (χ4v) is 2.26. The van der Waals surface area contributed by atoms with E-state index in [1.165, 1.54) is 0 Å². The SMILES string of the molecule is CCc1cnc(N)c2c(=O)oc3ccccc3c12. The number of nitrogens with zero attached hydrogens (tertiary/aromatic N) is 1. The van der Waals surface area contributed by atoms with Gasteiger partial charge in [-0.15, -0.1) is 0 Å². The Morgan fingerprint density at radius 1 is 1.28 bits per heavy atom. The molecule has 0 aliphatic heterocycles. The highest BCUT2D eigenvalue weighted by atomic mass is 16.4. The number of hydrogen-bond acceptors (Lipinski definition) is 4. The smallest absolute Gasteiger partial charge is 0.347 e. The lowest BCUT2D eigenvalue weighted by Crippen LogP contribution is -2.06. The summed E-state index contributed by atoms with van der Waals surface area (Å²) in [5.74, 6) is 0.224. The first-order valence-electron chi connectivity index (χ1n) is 5.81. The molecule has 0 bridgehead atoms. The first-order valence-corrected chi connectivity index (χ1v) is 5.81. The van der Waals surface area contributed by atoms with Crippen molar-refractivity contribution >= 4 is 27.6 Å². The number of nitrogen functional groups attached to an aromatic ring is 1. The second kappa shape index (κ2) is 3.84. The summed E-state index contributed by atoms with van der Waals surface area (Å²) >= 11 is 0. The molecule has 3 rings (SSSR count). The number of fused-ring (bicyclic) bond motifs is 3. The number of anilines is 1. The monoisotopic (exact) mass is 240 g/mol. The zero-order valence-corrected chi connectivity index (χ0v) is 9.93. The number of aryl methyl sites for hydroxylation is 1. The third-order valence-corrected chi connectivity index (χ3v) is 3.13. The molecular weight excluding hydrogens is 228 g/mol. The molecular formula is C14H12N2O2. The Kier molecular flexibility index (Phi) is 2.30. The number of hydrogen-bond donors (Lipinski definition) is 1. The summed E-state index contributed by atoms with van der Waals surface area (Å²) in [5.41, 5.74) is 6.96. The van der Waals surface area contributed by atoms with Gasteiger partial charge in [0.1, 0.15) is 16.8 Å². The zero-order valence-electron chi connectivity index (χ0n) is 9.93. The molecule has 2 heterocycles. The molecule has 0 spiro atoms. The lowest BCUT2D eigenvalue weighted by Gasteiger charge is -2.08. The van der Waals surface area contributed by atoms with Gasteiger partial charge in [0.05, 0.1) is 0 Å². The fourth-order valence-electron chi connectivity index (χ4n) is 2.26. The van der Waals surface area contributed by atoms with E-state index in [-0.39, 0.29) is 5.82 Å². The highest BCUT2D eigenvalue weighted by Gasteiger charge is 2.13. The van der Waals surface area contributed by atoms with Crippen LogP contribution in [0.3, 0.4) is 0 Å². The highest BCUT2D eigenvalue weighted by molar-refractivity contribution is 6.09. The predicted octanol–water partition coefficient (Wildman–Crippen LogP) is 2.49. The number of aromatic nitrogens is 1. The van der Waals surface area contributed by atoms with Crippen molar-refractivity contribution in [1.82, 2.24) is 4.98 Å². The van der Waals surface area contributed by atoms with Crippen molar-refractivity contribution in [3.8, 4) is 0 Å². The lowest BCUT2D eigenvalue weighted by atomic mass is 10.0. The molecule has 2 aromatic heterocycles. The van der Waals surface area contributed by atoms with Crippen LogP contribution in [0.25, 0.3) is 21.7 Å². The van der Waals surface area contributed by atoms with Crippen molar-refractivity contribution in [3.63, 3.8) is 0 Å². The Bertz CT molecular complexity index is 806. The van der Waals surface area contributed by atoms with Crippen molar-refractivity contribution in [2.24, 2.45) is 0 Å². The number of pyridine rings is 1. The van der Waals surface area contributed by atoms with Crippen LogP contribution in [0.2, 0.25) is 0 Å². The van der Waals surface area contributed by atoms with Crippen LogP contribution in [0, 0.1) is 0 Å². The van der Waals surface area contributed by atoms with Crippen LogP contribution in [-0.4, -0.2) is 4.98 Å². The molecule has 1 aromatic carbocycles. The summed E-state index contributed by atoms with van der Waals surface area (Å²) in [5, 5.41) is 2.14. The van der Waals surface area contributed by atoms with E-state index in [2.05, 4.69) is 4.98 Å². The Labute approximate surface area is 103 Å². The maximum absolute atomic E-state index is 12.0. The number of nitrogens with two attached hydrogens (primary N) is 1. The largest absolute Gasteiger partial charge is 0.422 e. The van der Waals surface area contributed by atoms with Crippen LogP contribution in [0.1, 0.15) is 12.5 Å². The minimum atomic E-state index is -0.427. The number of rotatable bonds is 1. The maximum Gasteiger partial charge on any atom is 0.347 e. The van der Waals surface area contributed by atoms with E-state index in [1.807, 2.05) is 25.1 Å². The van der Waals surface area contributed by atoms with Gasteiger partial charge >= 0.3 is 5.63 Å². The van der Waals surface area contributed by atoms with E-state index in [0.717, 1.165) is 22.8 Å². The zero-order chi connectivity index (χ0) is 12.7. The number of para-hydroxylation sites is 1. The van der Waals surface area contributed by atoms with Crippen LogP contribution in [0.15, 0.2) is 39.7 Å². The first-order chi connectivity index (χ1) is 8.72. The molecule has 0 saturated heterocycles. The summed E-state index contributed by atoms with van der Waals surface area (Å²) in [4.78, 5) is 16.1. The molecule has 90 valence electrons. The van der Waals surface area contributed by atoms with Gasteiger partial charge in [0.15, 0.2) is 0 Å². The molecule has 0 unspecified atom stereocenters. The molecule has 0 fully saturated rings. The van der Waals surface area contributed by atoms with Gasteiger partial charge in [-0.2, -0.15) is 0 Å². The molecule has 0 saturated carbocycles. The molecule has 0 amide bonds. The third-order valence-electron chi connectivity index (χ3n) is 3.13. The topological polar surface area (TPSA) is 69.1 Å². The lowest BCUT2D eigenvalue weighted by molar-refractivity contribution is 0.569. The molecule has 18 heavy (non-hydrogen) atoms. The van der Waals surface area contributed by atoms with Crippen LogP contribution in [0.5, 0.6) is 0 Å². The first kappa shape index (κ1) is 10.8. The predicted molar refractivity (Wildman–Crippen MR) is 71.6 cm³/mol. The third kappa shape index (κ3) is 1.39. The van der Waals surface area contributed by atoms with Crippen LogP contribution >= 0.6 is 0 Å². The average Bonchev–Trinajstić information content (AvgIpc) is 2.39. The highest BCUT2D eigenvalue weighted by Crippen LogP contribution is 2.28. The minimum absolute atomic E-state index is 0.224. The van der Waals surface area contributed by atoms with Crippen molar-refractivity contribution < 1.29 is 4.42 Å². The van der Waals surface area contributed by atoms with E-state index in [9.17, 15) is 4.79 Å². The van der Waals surface area contributed by atoms with Gasteiger partial charge in [-0.1, -0.05) is 25.1 Å². The van der Waals surface area contributed by atoms with Gasteiger partial charge in [-0.25, -0.2) is 9.78 Å². The van der Waals surface area contributed by atoms with E-state index >= 15 is 0 Å². The second-order valence-electron chi connectivity index (χ2n) is 4.16. The van der Waals surface area contributed by atoms with Crippen molar-refractivity contribution in [3.05, 3.63) is 46.4 Å². The van der Waals surface area contributed by atoms with E-state index in [4.69, 9.17) is 10.2 Å². The molecule has 0 aliphatic rings. The van der Waals surface area contributed by atoms with Crippen molar-refractivity contribution in [2.45, 2.75) is 13.3 Å². The Morgan fingerprint density at radius 2 is 2.06 bits per heavy atom. The number of benzene rings is 1. The van der Waals surface area contributed by atoms with Gasteiger partial charge < -0.3 is 10.2 Å². The Hall–Kier alpha value is -2.36. The van der Waals surface area contributed by atoms with Crippen molar-refractivity contribution in [2.75, 3.05) is 5.73 Å². The second-order valence-corrected chi connectivity index (χ2v) is 4.16. The molecule has 0 radical (unpaired) electrons. The molecule has 3 aromatic rings. The fraction of sp³-hybridized carbons (Fsp3) is 0.143. The summed E-state index contributed by atoms with van der Waals surface area (Å²) in [6.07, 6.45) is 2.51. The van der Waals surface area contributed by atoms with Gasteiger partial charge in [-0.05, 0) is 18.1 Å². The van der Waals surface area contributed by atoms with Gasteiger partial charge in [-0.3, -0.25) is 0 Å². The summed E-state index contributed by atoms with van der Waals surface area (Å²) in [6, 6.07) is 7.47. The molecule has 2 N–H and O–H groups in total. The summed E-state index contributed by atoms with van der Waals surface area (Å²) < 4.78 is 5.28. The Balaban J connectivity index is 2.70. The Morgan fingerprint density at radius 3 is 2.83 bits per heavy atom. The molecule has 4 heteroatoms. The standard InChI is InChI=1S/C14H12N2O2/c1-2-8-7-16-13(15)12-11(8)9-5-3-4-6-10(9)18-14(12)17/h3-7H,2H2,1H3,(H2,15,16). The van der Waals surface area contributed by atoms with Gasteiger partial charge in [0, 0.05) is 17.0 Å². The van der Waals surface area contributed by atoms with E-state index < -0.39 is 5.63 Å². The minimum Gasteiger partial charge on any atom is -0.422 e. The van der Waals surface area contributed by atoms with Crippen molar-refractivity contribution in [1.29, 1.82) is 0 Å². The maximum atomic E-state index is 12.0. The quantitative estimate of drug-likeness (QED) is 0.524. The molecule has 0 aliphatic carbocycles. The van der Waals surface area contributed by atoms with Gasteiger partial charge in [0.25, 0.3) is 0 Å². The summed E-state index contributed by atoms with van der Waals surface area (Å²) in [7, 11) is 0. The van der Waals surface area contributed by atoms with Crippen LogP contribution in [0.4, 0.5) is 5.82 Å². The van der Waals surface area contributed by atoms with Gasteiger partial charge in [0.2, 0.25) is 0 Å². The molecule has 0 atom stereocenters.